The van der Waals surface area contributed by atoms with E-state index >= 15 is 0 Å². The number of phenolic OH excluding ortho intramolecular Hbond substituents is 1. The fourth-order valence-corrected chi connectivity index (χ4v) is 2.02. The van der Waals surface area contributed by atoms with Crippen LogP contribution in [0.15, 0.2) is 22.7 Å². The molecule has 1 fully saturated rings. The maximum absolute atomic E-state index is 11.8. The first-order chi connectivity index (χ1) is 8.06. The molecule has 1 atom stereocenters. The SMILES string of the molecule is O=C1CC(NC(=O)c2cc(Br)ccc2O)CN1. The summed E-state index contributed by atoms with van der Waals surface area (Å²) in [6.07, 6.45) is 0.278. The number of nitrogens with one attached hydrogen (secondary N) is 2. The van der Waals surface area contributed by atoms with Gasteiger partial charge in [0.25, 0.3) is 5.91 Å². The van der Waals surface area contributed by atoms with Crippen molar-refractivity contribution >= 4 is 27.7 Å². The van der Waals surface area contributed by atoms with E-state index in [9.17, 15) is 14.7 Å². The van der Waals surface area contributed by atoms with Crippen LogP contribution in [0.2, 0.25) is 0 Å². The Morgan fingerprint density at radius 3 is 2.94 bits per heavy atom. The summed E-state index contributed by atoms with van der Waals surface area (Å²) >= 11 is 3.23. The molecule has 0 bridgehead atoms. The lowest BCUT2D eigenvalue weighted by molar-refractivity contribution is -0.119. The molecule has 1 aliphatic heterocycles. The number of amides is 2. The summed E-state index contributed by atoms with van der Waals surface area (Å²) in [7, 11) is 0. The van der Waals surface area contributed by atoms with Gasteiger partial charge >= 0.3 is 0 Å². The lowest BCUT2D eigenvalue weighted by Gasteiger charge is -2.11. The van der Waals surface area contributed by atoms with Gasteiger partial charge in [-0.3, -0.25) is 9.59 Å². The Morgan fingerprint density at radius 2 is 2.29 bits per heavy atom. The summed E-state index contributed by atoms with van der Waals surface area (Å²) in [6, 6.07) is 4.41. The Hall–Kier alpha value is -1.56. The Kier molecular flexibility index (Phi) is 3.33. The number of carbonyl (C=O) groups is 2. The maximum atomic E-state index is 11.8. The van der Waals surface area contributed by atoms with E-state index in [2.05, 4.69) is 26.6 Å². The molecular weight excluding hydrogens is 288 g/mol. The van der Waals surface area contributed by atoms with Gasteiger partial charge in [0, 0.05) is 17.4 Å². The van der Waals surface area contributed by atoms with Crippen molar-refractivity contribution in [1.82, 2.24) is 10.6 Å². The van der Waals surface area contributed by atoms with Crippen molar-refractivity contribution in [2.75, 3.05) is 6.54 Å². The third-order valence-corrected chi connectivity index (χ3v) is 3.01. The number of benzene rings is 1. The van der Waals surface area contributed by atoms with Crippen LogP contribution in [-0.2, 0) is 4.79 Å². The van der Waals surface area contributed by atoms with Gasteiger partial charge in [0.2, 0.25) is 5.91 Å². The van der Waals surface area contributed by atoms with Gasteiger partial charge in [0.15, 0.2) is 0 Å². The molecule has 2 rings (SSSR count). The molecule has 0 spiro atoms. The highest BCUT2D eigenvalue weighted by molar-refractivity contribution is 9.10. The van der Waals surface area contributed by atoms with Crippen molar-refractivity contribution < 1.29 is 14.7 Å². The summed E-state index contributed by atoms with van der Waals surface area (Å²) in [6.45, 7) is 0.430. The number of phenols is 1. The average Bonchev–Trinajstić information content (AvgIpc) is 2.67. The van der Waals surface area contributed by atoms with Gasteiger partial charge in [-0.1, -0.05) is 15.9 Å². The summed E-state index contributed by atoms with van der Waals surface area (Å²) < 4.78 is 0.709. The molecule has 90 valence electrons. The molecule has 3 N–H and O–H groups in total. The zero-order valence-electron chi connectivity index (χ0n) is 8.87. The molecule has 1 unspecified atom stereocenters. The highest BCUT2D eigenvalue weighted by atomic mass is 79.9. The quantitative estimate of drug-likeness (QED) is 0.755. The predicted octanol–water partition coefficient (Wildman–Crippen LogP) is 0.773. The minimum absolute atomic E-state index is 0.0752. The van der Waals surface area contributed by atoms with Crippen LogP contribution in [0.4, 0.5) is 0 Å². The standard InChI is InChI=1S/C11H11BrN2O3/c12-6-1-2-9(15)8(3-6)11(17)14-7-4-10(16)13-5-7/h1-3,7,15H,4-5H2,(H,13,16)(H,14,17). The van der Waals surface area contributed by atoms with E-state index in [1.807, 2.05) is 0 Å². The summed E-state index contributed by atoms with van der Waals surface area (Å²) in [5, 5.41) is 14.9. The fourth-order valence-electron chi connectivity index (χ4n) is 1.66. The third kappa shape index (κ3) is 2.76. The number of hydrogen-bond acceptors (Lipinski definition) is 3. The van der Waals surface area contributed by atoms with Gasteiger partial charge in [-0.05, 0) is 18.2 Å². The first-order valence-electron chi connectivity index (χ1n) is 5.12. The van der Waals surface area contributed by atoms with Gasteiger partial charge in [0.1, 0.15) is 5.75 Å². The highest BCUT2D eigenvalue weighted by Gasteiger charge is 2.24. The zero-order valence-corrected chi connectivity index (χ0v) is 10.5. The molecule has 1 aliphatic rings. The molecule has 1 aromatic carbocycles. The van der Waals surface area contributed by atoms with Crippen LogP contribution in [0.25, 0.3) is 0 Å². The fraction of sp³-hybridized carbons (Fsp3) is 0.273. The molecule has 0 aromatic heterocycles. The normalized spacial score (nSPS) is 18.9. The van der Waals surface area contributed by atoms with E-state index in [1.54, 1.807) is 6.07 Å². The zero-order chi connectivity index (χ0) is 12.4. The van der Waals surface area contributed by atoms with Crippen LogP contribution in [0.1, 0.15) is 16.8 Å². The van der Waals surface area contributed by atoms with Crippen LogP contribution in [0.5, 0.6) is 5.75 Å². The largest absolute Gasteiger partial charge is 0.507 e. The third-order valence-electron chi connectivity index (χ3n) is 2.52. The summed E-state index contributed by atoms with van der Waals surface area (Å²) in [4.78, 5) is 22.8. The second kappa shape index (κ2) is 4.75. The van der Waals surface area contributed by atoms with Crippen molar-refractivity contribution in [2.45, 2.75) is 12.5 Å². The summed E-state index contributed by atoms with van der Waals surface area (Å²) in [5.74, 6) is -0.540. The number of carbonyl (C=O) groups excluding carboxylic acids is 2. The Balaban J connectivity index is 2.09. The van der Waals surface area contributed by atoms with Crippen LogP contribution >= 0.6 is 15.9 Å². The van der Waals surface area contributed by atoms with Crippen molar-refractivity contribution in [3.63, 3.8) is 0 Å². The van der Waals surface area contributed by atoms with Crippen molar-refractivity contribution in [3.05, 3.63) is 28.2 Å². The first kappa shape index (κ1) is 11.9. The molecule has 1 heterocycles. The second-order valence-corrected chi connectivity index (χ2v) is 4.76. The smallest absolute Gasteiger partial charge is 0.255 e. The van der Waals surface area contributed by atoms with E-state index in [0.29, 0.717) is 11.0 Å². The van der Waals surface area contributed by atoms with E-state index in [4.69, 9.17) is 0 Å². The molecule has 2 amide bonds. The molecule has 0 radical (unpaired) electrons. The van der Waals surface area contributed by atoms with E-state index in [0.717, 1.165) is 0 Å². The maximum Gasteiger partial charge on any atom is 0.255 e. The van der Waals surface area contributed by atoms with E-state index in [1.165, 1.54) is 12.1 Å². The highest BCUT2D eigenvalue weighted by Crippen LogP contribution is 2.21. The number of halogens is 1. The minimum Gasteiger partial charge on any atom is -0.507 e. The van der Waals surface area contributed by atoms with Gasteiger partial charge in [-0.2, -0.15) is 0 Å². The molecule has 1 saturated heterocycles. The molecule has 1 aromatic rings. The van der Waals surface area contributed by atoms with Gasteiger partial charge < -0.3 is 15.7 Å². The van der Waals surface area contributed by atoms with Crippen molar-refractivity contribution in [3.8, 4) is 5.75 Å². The molecular formula is C11H11BrN2O3. The second-order valence-electron chi connectivity index (χ2n) is 3.84. The monoisotopic (exact) mass is 298 g/mol. The minimum atomic E-state index is -0.384. The number of rotatable bonds is 2. The Labute approximate surface area is 106 Å². The van der Waals surface area contributed by atoms with Crippen LogP contribution in [0.3, 0.4) is 0 Å². The van der Waals surface area contributed by atoms with E-state index in [-0.39, 0.29) is 35.6 Å². The van der Waals surface area contributed by atoms with Crippen molar-refractivity contribution in [2.24, 2.45) is 0 Å². The summed E-state index contributed by atoms with van der Waals surface area (Å²) in [5.41, 5.74) is 0.193. The number of aromatic hydroxyl groups is 1. The Morgan fingerprint density at radius 1 is 1.53 bits per heavy atom. The van der Waals surface area contributed by atoms with Gasteiger partial charge in [-0.15, -0.1) is 0 Å². The molecule has 17 heavy (non-hydrogen) atoms. The van der Waals surface area contributed by atoms with Gasteiger partial charge in [-0.25, -0.2) is 0 Å². The predicted molar refractivity (Wildman–Crippen MR) is 64.7 cm³/mol. The molecule has 0 saturated carbocycles. The average molecular weight is 299 g/mol. The molecule has 0 aliphatic carbocycles. The molecule has 6 heteroatoms. The topological polar surface area (TPSA) is 78.4 Å². The van der Waals surface area contributed by atoms with Crippen LogP contribution < -0.4 is 10.6 Å². The van der Waals surface area contributed by atoms with Crippen LogP contribution in [0, 0.1) is 0 Å². The molecule has 5 nitrogen and oxygen atoms in total. The first-order valence-corrected chi connectivity index (χ1v) is 5.91. The lowest BCUT2D eigenvalue weighted by atomic mass is 10.1. The van der Waals surface area contributed by atoms with Crippen molar-refractivity contribution in [1.29, 1.82) is 0 Å². The van der Waals surface area contributed by atoms with Crippen LogP contribution in [-0.4, -0.2) is 29.5 Å². The van der Waals surface area contributed by atoms with Gasteiger partial charge in [0.05, 0.1) is 11.6 Å². The Bertz CT molecular complexity index is 476. The lowest BCUT2D eigenvalue weighted by Crippen LogP contribution is -2.36. The van der Waals surface area contributed by atoms with E-state index < -0.39 is 0 Å². The number of hydrogen-bond donors (Lipinski definition) is 3.